The maximum absolute atomic E-state index is 14.3. The zero-order valence-corrected chi connectivity index (χ0v) is 28.9. The number of hydrogen-bond acceptors (Lipinski definition) is 7. The Balaban J connectivity index is 1.57. The number of para-hydroxylation sites is 1. The zero-order valence-electron chi connectivity index (χ0n) is 28.9. The maximum Gasteiger partial charge on any atom is 0.308 e. The molecule has 1 saturated heterocycles. The Kier molecular flexibility index (Phi) is 13.3. The van der Waals surface area contributed by atoms with Gasteiger partial charge in [-0.3, -0.25) is 24.0 Å². The highest BCUT2D eigenvalue weighted by Gasteiger charge is 2.34. The summed E-state index contributed by atoms with van der Waals surface area (Å²) in [7, 11) is 3.55. The second kappa shape index (κ2) is 17.6. The van der Waals surface area contributed by atoms with E-state index in [0.717, 1.165) is 28.5 Å². The number of likely N-dealkylation sites (N-methyl/N-ethyl adjacent to an activating group) is 1. The molecule has 1 aromatic heterocycles. The number of aromatic nitrogens is 1. The molecule has 5 atom stereocenters. The fraction of sp³-hybridized carbons (Fsp3) is 0.486. The average Bonchev–Trinajstić information content (AvgIpc) is 3.55. The number of nitrogens with two attached hydrogens (primary N) is 1. The Morgan fingerprint density at radius 2 is 1.69 bits per heavy atom. The zero-order chi connectivity index (χ0) is 35.5. The fourth-order valence-electron chi connectivity index (χ4n) is 6.49. The van der Waals surface area contributed by atoms with Gasteiger partial charge in [0.2, 0.25) is 23.6 Å². The number of carbonyl (C=O) groups is 5. The van der Waals surface area contributed by atoms with Crippen LogP contribution in [0.1, 0.15) is 63.5 Å². The van der Waals surface area contributed by atoms with E-state index < -0.39 is 30.3 Å². The molecule has 0 saturated carbocycles. The van der Waals surface area contributed by atoms with Crippen molar-refractivity contribution in [3.63, 3.8) is 0 Å². The highest BCUT2D eigenvalue weighted by Crippen LogP contribution is 2.24. The molecular weight excluding hydrogens is 624 g/mol. The largest absolute Gasteiger partial charge is 0.460 e. The van der Waals surface area contributed by atoms with E-state index in [2.05, 4.69) is 16.0 Å². The van der Waals surface area contributed by atoms with Crippen molar-refractivity contribution < 1.29 is 28.7 Å². The normalized spacial score (nSPS) is 17.5. The molecule has 4 amide bonds. The Labute approximate surface area is 288 Å². The molecule has 5 N–H and O–H groups in total. The summed E-state index contributed by atoms with van der Waals surface area (Å²) < 4.78 is 7.17. The first kappa shape index (κ1) is 37.1. The summed E-state index contributed by atoms with van der Waals surface area (Å²) in [6, 6.07) is 15.1. The van der Waals surface area contributed by atoms with Crippen LogP contribution in [0.5, 0.6) is 0 Å². The number of ether oxygens (including phenoxy) is 1. The van der Waals surface area contributed by atoms with Gasteiger partial charge in [-0.25, -0.2) is 0 Å². The first-order valence-corrected chi connectivity index (χ1v) is 17.0. The van der Waals surface area contributed by atoms with Gasteiger partial charge in [-0.05, 0) is 49.9 Å². The van der Waals surface area contributed by atoms with Crippen molar-refractivity contribution in [1.82, 2.24) is 25.4 Å². The van der Waals surface area contributed by atoms with Gasteiger partial charge in [0.25, 0.3) is 0 Å². The molecule has 264 valence electrons. The van der Waals surface area contributed by atoms with Crippen molar-refractivity contribution in [2.45, 2.75) is 95.5 Å². The monoisotopic (exact) mass is 674 g/mol. The molecule has 0 radical (unpaired) electrons. The van der Waals surface area contributed by atoms with Gasteiger partial charge in [0, 0.05) is 69.5 Å². The number of nitrogens with one attached hydrogen (secondary N) is 3. The van der Waals surface area contributed by atoms with Crippen molar-refractivity contribution in [3.05, 3.63) is 71.9 Å². The summed E-state index contributed by atoms with van der Waals surface area (Å²) in [6.45, 7) is 3.63. The topological polar surface area (TPSA) is 165 Å². The Morgan fingerprint density at radius 1 is 0.980 bits per heavy atom. The lowest BCUT2D eigenvalue weighted by atomic mass is 9.99. The third-order valence-corrected chi connectivity index (χ3v) is 9.11. The van der Waals surface area contributed by atoms with E-state index in [0.29, 0.717) is 25.8 Å². The van der Waals surface area contributed by atoms with Crippen LogP contribution in [-0.2, 0) is 48.6 Å². The van der Waals surface area contributed by atoms with Crippen LogP contribution in [0.4, 0.5) is 0 Å². The van der Waals surface area contributed by atoms with E-state index in [1.807, 2.05) is 72.4 Å². The van der Waals surface area contributed by atoms with Gasteiger partial charge in [0.1, 0.15) is 12.1 Å². The number of aryl methyl sites for hydroxylation is 1. The van der Waals surface area contributed by atoms with Gasteiger partial charge >= 0.3 is 5.97 Å². The van der Waals surface area contributed by atoms with Gasteiger partial charge < -0.3 is 35.9 Å². The van der Waals surface area contributed by atoms with Crippen LogP contribution in [0.25, 0.3) is 10.9 Å². The number of carbonyl (C=O) groups excluding carboxylic acids is 5. The summed E-state index contributed by atoms with van der Waals surface area (Å²) in [4.78, 5) is 66.6. The molecule has 1 aliphatic rings. The van der Waals surface area contributed by atoms with Crippen molar-refractivity contribution in [2.75, 3.05) is 13.6 Å². The Hall–Kier alpha value is -4.71. The van der Waals surface area contributed by atoms with E-state index in [9.17, 15) is 24.0 Å². The summed E-state index contributed by atoms with van der Waals surface area (Å²) in [5.41, 5.74) is 8.62. The van der Waals surface area contributed by atoms with Crippen molar-refractivity contribution in [2.24, 2.45) is 12.8 Å². The lowest BCUT2D eigenvalue weighted by molar-refractivity contribution is -0.141. The van der Waals surface area contributed by atoms with Crippen LogP contribution in [0.3, 0.4) is 0 Å². The number of fused-ring (bicyclic) bond motifs is 1. The van der Waals surface area contributed by atoms with E-state index in [1.54, 1.807) is 14.0 Å². The standard InChI is InChI=1S/C37H50N6O6/c1-24-31(22-36(47)49-24)41-34(45)20-28(14-10-11-17-38)40-37(48)33(19-27-23-42(3)32-16-9-8-15-30(27)32)43(4)35(46)21-29(39-25(2)44)18-26-12-6-5-7-13-26/h5-9,12-13,15-16,23-24,28-29,31,33H,10-11,14,17-22,38H2,1-4H3,(H,39,44)(H,40,48)(H,41,45)/t24-,28+,29+,31-,33-/m1/s1. The van der Waals surface area contributed by atoms with Crippen LogP contribution in [0.15, 0.2) is 60.8 Å². The summed E-state index contributed by atoms with van der Waals surface area (Å²) >= 11 is 0. The minimum atomic E-state index is -0.908. The van der Waals surface area contributed by atoms with Crippen molar-refractivity contribution in [3.8, 4) is 0 Å². The molecule has 12 nitrogen and oxygen atoms in total. The predicted molar refractivity (Wildman–Crippen MR) is 187 cm³/mol. The number of rotatable bonds is 17. The van der Waals surface area contributed by atoms with E-state index >= 15 is 0 Å². The van der Waals surface area contributed by atoms with Crippen LogP contribution in [0, 0.1) is 0 Å². The molecule has 0 aliphatic carbocycles. The molecule has 2 aromatic carbocycles. The highest BCUT2D eigenvalue weighted by atomic mass is 16.6. The Morgan fingerprint density at radius 3 is 2.37 bits per heavy atom. The second-order valence-corrected chi connectivity index (χ2v) is 13.1. The molecule has 0 unspecified atom stereocenters. The van der Waals surface area contributed by atoms with Gasteiger partial charge in [-0.1, -0.05) is 55.0 Å². The first-order chi connectivity index (χ1) is 23.4. The molecular formula is C37H50N6O6. The van der Waals surface area contributed by atoms with Gasteiger partial charge in [0.05, 0.1) is 12.5 Å². The number of cyclic esters (lactones) is 1. The minimum absolute atomic E-state index is 0.00590. The van der Waals surface area contributed by atoms with Crippen molar-refractivity contribution in [1.29, 1.82) is 0 Å². The molecule has 4 rings (SSSR count). The molecule has 12 heteroatoms. The van der Waals surface area contributed by atoms with Gasteiger partial charge in [-0.15, -0.1) is 0 Å². The summed E-state index contributed by atoms with van der Waals surface area (Å²) in [5, 5.41) is 9.84. The molecule has 2 heterocycles. The number of esters is 1. The minimum Gasteiger partial charge on any atom is -0.460 e. The second-order valence-electron chi connectivity index (χ2n) is 13.1. The van der Waals surface area contributed by atoms with Crippen LogP contribution in [0.2, 0.25) is 0 Å². The smallest absolute Gasteiger partial charge is 0.308 e. The predicted octanol–water partition coefficient (Wildman–Crippen LogP) is 2.51. The van der Waals surface area contributed by atoms with Gasteiger partial charge in [0.15, 0.2) is 0 Å². The molecule has 49 heavy (non-hydrogen) atoms. The number of hydrogen-bond donors (Lipinski definition) is 4. The summed E-state index contributed by atoms with van der Waals surface area (Å²) in [6.07, 6.45) is 4.23. The summed E-state index contributed by atoms with van der Waals surface area (Å²) in [5.74, 6) is -1.60. The third kappa shape index (κ3) is 10.6. The molecule has 3 aromatic rings. The average molecular weight is 675 g/mol. The lowest BCUT2D eigenvalue weighted by Gasteiger charge is -2.31. The quantitative estimate of drug-likeness (QED) is 0.126. The highest BCUT2D eigenvalue weighted by molar-refractivity contribution is 5.90. The fourth-order valence-corrected chi connectivity index (χ4v) is 6.49. The molecule has 0 spiro atoms. The van der Waals surface area contributed by atoms with Gasteiger partial charge in [-0.2, -0.15) is 0 Å². The SMILES string of the molecule is CC(=O)N[C@H](CC(=O)N(C)[C@H](Cc1cn(C)c2ccccc12)C(=O)N[C@@H](CCCCN)CC(=O)N[C@@H]1CC(=O)O[C@@H]1C)Cc1ccccc1. The number of unbranched alkanes of at least 4 members (excludes halogenated alkanes) is 1. The third-order valence-electron chi connectivity index (χ3n) is 9.11. The maximum atomic E-state index is 14.3. The number of amides is 4. The van der Waals surface area contributed by atoms with E-state index in [1.165, 1.54) is 11.8 Å². The van der Waals surface area contributed by atoms with E-state index in [-0.39, 0.29) is 55.3 Å². The molecule has 1 fully saturated rings. The lowest BCUT2D eigenvalue weighted by Crippen LogP contribution is -2.53. The first-order valence-electron chi connectivity index (χ1n) is 17.0. The molecule has 1 aliphatic heterocycles. The Bertz CT molecular complexity index is 1610. The van der Waals surface area contributed by atoms with Crippen LogP contribution >= 0.6 is 0 Å². The van der Waals surface area contributed by atoms with Crippen LogP contribution in [-0.4, -0.2) is 82.9 Å². The van der Waals surface area contributed by atoms with Crippen LogP contribution < -0.4 is 21.7 Å². The van der Waals surface area contributed by atoms with Crippen molar-refractivity contribution >= 4 is 40.5 Å². The number of nitrogens with zero attached hydrogens (tertiary/aromatic N) is 2. The number of benzene rings is 2. The van der Waals surface area contributed by atoms with E-state index in [4.69, 9.17) is 10.5 Å². The molecule has 0 bridgehead atoms.